The number of carbonyl (C=O) groups excluding carboxylic acids is 1. The smallest absolute Gasteiger partial charge is 0.356 e. The summed E-state index contributed by atoms with van der Waals surface area (Å²) in [6.45, 7) is 2.03. The van der Waals surface area contributed by atoms with Crippen molar-refractivity contribution in [2.75, 3.05) is 6.61 Å². The van der Waals surface area contributed by atoms with Crippen LogP contribution >= 0.6 is 11.8 Å². The predicted molar refractivity (Wildman–Crippen MR) is 66.8 cm³/mol. The lowest BCUT2D eigenvalue weighted by atomic mass is 10.3. The first kappa shape index (κ1) is 11.3. The van der Waals surface area contributed by atoms with Crippen LogP contribution in [-0.4, -0.2) is 27.2 Å². The number of aromatic amines is 1. The molecular weight excluding hydrogens is 254 g/mol. The van der Waals surface area contributed by atoms with Gasteiger partial charge in [-0.15, -0.1) is 0 Å². The molecule has 1 aliphatic rings. The summed E-state index contributed by atoms with van der Waals surface area (Å²) in [6.07, 6.45) is 0. The van der Waals surface area contributed by atoms with Crippen molar-refractivity contribution >= 4 is 23.4 Å². The summed E-state index contributed by atoms with van der Waals surface area (Å²) in [7, 11) is 0. The van der Waals surface area contributed by atoms with Gasteiger partial charge in [0.1, 0.15) is 5.69 Å². The van der Waals surface area contributed by atoms with Gasteiger partial charge in [0, 0.05) is 17.6 Å². The molecule has 2 aromatic heterocycles. The minimum atomic E-state index is -0.475. The fourth-order valence-electron chi connectivity index (χ4n) is 1.93. The molecule has 0 saturated heterocycles. The maximum absolute atomic E-state index is 12.1. The standard InChI is InChI=1S/C11H11N3O3S/c1-2-17-11(16)7-3-9-12-8-5-18-4-6(8)10(15)14(9)13-7/h3,13H,2,4-5H2,1H3. The van der Waals surface area contributed by atoms with Crippen LogP contribution in [-0.2, 0) is 16.2 Å². The van der Waals surface area contributed by atoms with Gasteiger partial charge in [0.25, 0.3) is 5.56 Å². The first-order chi connectivity index (χ1) is 8.70. The molecule has 1 aliphatic heterocycles. The predicted octanol–water partition coefficient (Wildman–Crippen LogP) is 0.946. The fourth-order valence-corrected chi connectivity index (χ4v) is 2.96. The third-order valence-electron chi connectivity index (χ3n) is 2.77. The van der Waals surface area contributed by atoms with Gasteiger partial charge in [0.05, 0.1) is 17.9 Å². The summed E-state index contributed by atoms with van der Waals surface area (Å²) < 4.78 is 6.18. The number of thioether (sulfide) groups is 1. The Kier molecular flexibility index (Phi) is 2.62. The number of carbonyl (C=O) groups is 1. The lowest BCUT2D eigenvalue weighted by Gasteiger charge is -1.98. The van der Waals surface area contributed by atoms with E-state index in [1.807, 2.05) is 0 Å². The topological polar surface area (TPSA) is 76.5 Å². The van der Waals surface area contributed by atoms with Gasteiger partial charge < -0.3 is 4.74 Å². The minimum Gasteiger partial charge on any atom is -0.461 e. The van der Waals surface area contributed by atoms with Crippen molar-refractivity contribution in [3.8, 4) is 0 Å². The molecule has 94 valence electrons. The normalized spacial score (nSPS) is 13.8. The zero-order valence-electron chi connectivity index (χ0n) is 9.73. The molecule has 0 saturated carbocycles. The lowest BCUT2D eigenvalue weighted by Crippen LogP contribution is -2.20. The summed E-state index contributed by atoms with van der Waals surface area (Å²) in [5.41, 5.74) is 2.12. The maximum Gasteiger partial charge on any atom is 0.356 e. The zero-order chi connectivity index (χ0) is 12.7. The number of hydrogen-bond acceptors (Lipinski definition) is 5. The average Bonchev–Trinajstić information content (AvgIpc) is 2.95. The zero-order valence-corrected chi connectivity index (χ0v) is 10.5. The Balaban J connectivity index is 2.16. The Morgan fingerprint density at radius 3 is 3.22 bits per heavy atom. The molecule has 3 heterocycles. The molecule has 0 unspecified atom stereocenters. The highest BCUT2D eigenvalue weighted by Crippen LogP contribution is 2.25. The monoisotopic (exact) mass is 265 g/mol. The molecule has 0 amide bonds. The average molecular weight is 265 g/mol. The molecule has 7 heteroatoms. The van der Waals surface area contributed by atoms with Gasteiger partial charge >= 0.3 is 5.97 Å². The van der Waals surface area contributed by atoms with Crippen LogP contribution in [0.4, 0.5) is 0 Å². The molecule has 0 atom stereocenters. The van der Waals surface area contributed by atoms with Gasteiger partial charge in [-0.2, -0.15) is 11.8 Å². The van der Waals surface area contributed by atoms with Crippen molar-refractivity contribution in [2.24, 2.45) is 0 Å². The van der Waals surface area contributed by atoms with Gasteiger partial charge in [-0.3, -0.25) is 9.89 Å². The Morgan fingerprint density at radius 1 is 1.61 bits per heavy atom. The van der Waals surface area contributed by atoms with E-state index in [4.69, 9.17) is 4.74 Å². The molecule has 3 rings (SSSR count). The van der Waals surface area contributed by atoms with Gasteiger partial charge in [0.15, 0.2) is 5.65 Å². The summed E-state index contributed by atoms with van der Waals surface area (Å²) in [5, 5.41) is 2.74. The third kappa shape index (κ3) is 1.62. The van der Waals surface area contributed by atoms with E-state index >= 15 is 0 Å². The number of fused-ring (bicyclic) bond motifs is 2. The van der Waals surface area contributed by atoms with Crippen molar-refractivity contribution in [3.05, 3.63) is 33.4 Å². The van der Waals surface area contributed by atoms with E-state index in [2.05, 4.69) is 10.1 Å². The number of nitrogens with one attached hydrogen (secondary N) is 1. The summed E-state index contributed by atoms with van der Waals surface area (Å²) in [5.74, 6) is 0.954. The van der Waals surface area contributed by atoms with Crippen LogP contribution in [0.25, 0.3) is 5.65 Å². The van der Waals surface area contributed by atoms with Crippen LogP contribution in [0.3, 0.4) is 0 Å². The van der Waals surface area contributed by atoms with E-state index in [-0.39, 0.29) is 11.3 Å². The van der Waals surface area contributed by atoms with Gasteiger partial charge in [-0.25, -0.2) is 14.3 Å². The van der Waals surface area contributed by atoms with Gasteiger partial charge in [-0.05, 0) is 6.92 Å². The largest absolute Gasteiger partial charge is 0.461 e. The highest BCUT2D eigenvalue weighted by molar-refractivity contribution is 7.98. The Labute approximate surface area is 106 Å². The van der Waals surface area contributed by atoms with E-state index < -0.39 is 5.97 Å². The van der Waals surface area contributed by atoms with Crippen molar-refractivity contribution in [2.45, 2.75) is 18.4 Å². The van der Waals surface area contributed by atoms with E-state index in [0.29, 0.717) is 18.0 Å². The number of esters is 1. The molecule has 18 heavy (non-hydrogen) atoms. The van der Waals surface area contributed by atoms with Crippen LogP contribution in [0.15, 0.2) is 10.9 Å². The number of ether oxygens (including phenoxy) is 1. The number of aromatic nitrogens is 3. The summed E-state index contributed by atoms with van der Waals surface area (Å²) >= 11 is 1.67. The summed E-state index contributed by atoms with van der Waals surface area (Å²) in [4.78, 5) is 28.1. The molecular formula is C11H11N3O3S. The second-order valence-corrected chi connectivity index (χ2v) is 4.90. The molecule has 0 fully saturated rings. The van der Waals surface area contributed by atoms with Crippen LogP contribution < -0.4 is 5.56 Å². The Bertz CT molecular complexity index is 689. The van der Waals surface area contributed by atoms with E-state index in [0.717, 1.165) is 17.0 Å². The van der Waals surface area contributed by atoms with Gasteiger partial charge in [0.2, 0.25) is 0 Å². The molecule has 0 radical (unpaired) electrons. The van der Waals surface area contributed by atoms with Crippen molar-refractivity contribution in [1.82, 2.24) is 14.6 Å². The van der Waals surface area contributed by atoms with Crippen molar-refractivity contribution in [3.63, 3.8) is 0 Å². The number of rotatable bonds is 2. The van der Waals surface area contributed by atoms with Crippen LogP contribution in [0, 0.1) is 0 Å². The molecule has 0 bridgehead atoms. The van der Waals surface area contributed by atoms with Crippen molar-refractivity contribution in [1.29, 1.82) is 0 Å². The second kappa shape index (κ2) is 4.16. The molecule has 0 aliphatic carbocycles. The molecule has 2 aromatic rings. The van der Waals surface area contributed by atoms with E-state index in [1.54, 1.807) is 24.8 Å². The lowest BCUT2D eigenvalue weighted by molar-refractivity contribution is 0.0519. The van der Waals surface area contributed by atoms with E-state index in [9.17, 15) is 9.59 Å². The molecule has 6 nitrogen and oxygen atoms in total. The second-order valence-electron chi connectivity index (χ2n) is 3.92. The van der Waals surface area contributed by atoms with E-state index in [1.165, 1.54) is 4.52 Å². The molecule has 0 aromatic carbocycles. The number of hydrogen-bond donors (Lipinski definition) is 1. The summed E-state index contributed by atoms with van der Waals surface area (Å²) in [6, 6.07) is 1.54. The number of nitrogens with zero attached hydrogens (tertiary/aromatic N) is 2. The van der Waals surface area contributed by atoms with Crippen LogP contribution in [0.2, 0.25) is 0 Å². The minimum absolute atomic E-state index is 0.129. The highest BCUT2D eigenvalue weighted by atomic mass is 32.2. The number of H-pyrrole nitrogens is 1. The van der Waals surface area contributed by atoms with Crippen molar-refractivity contribution < 1.29 is 9.53 Å². The Hall–Kier alpha value is -1.76. The molecule has 0 spiro atoms. The quantitative estimate of drug-likeness (QED) is 0.818. The van der Waals surface area contributed by atoms with Gasteiger partial charge in [-0.1, -0.05) is 0 Å². The molecule has 1 N–H and O–H groups in total. The highest BCUT2D eigenvalue weighted by Gasteiger charge is 2.20. The van der Waals surface area contributed by atoms with Crippen LogP contribution in [0.5, 0.6) is 0 Å². The van der Waals surface area contributed by atoms with Crippen LogP contribution in [0.1, 0.15) is 28.7 Å². The SMILES string of the molecule is CCOC(=O)c1cc2nc3c(c(=O)n2[nH]1)CSC3. The fraction of sp³-hybridized carbons (Fsp3) is 0.364. The first-order valence-electron chi connectivity index (χ1n) is 5.59. The first-order valence-corrected chi connectivity index (χ1v) is 6.74. The third-order valence-corrected chi connectivity index (χ3v) is 3.74. The maximum atomic E-state index is 12.1. The Morgan fingerprint density at radius 2 is 2.44 bits per heavy atom.